The smallest absolute Gasteiger partial charge is 0.200 e. The van der Waals surface area contributed by atoms with Crippen molar-refractivity contribution in [2.45, 2.75) is 13.5 Å². The number of H-pyrrole nitrogens is 1. The van der Waals surface area contributed by atoms with Crippen molar-refractivity contribution in [2.24, 2.45) is 0 Å². The number of benzene rings is 1. The maximum Gasteiger partial charge on any atom is 0.200 e. The van der Waals surface area contributed by atoms with Crippen LogP contribution in [0.25, 0.3) is 5.69 Å². The summed E-state index contributed by atoms with van der Waals surface area (Å²) in [4.78, 5) is 1.59. The number of hydrogen-bond donors (Lipinski definition) is 2. The second kappa shape index (κ2) is 6.11. The van der Waals surface area contributed by atoms with E-state index in [1.54, 1.807) is 4.90 Å². The summed E-state index contributed by atoms with van der Waals surface area (Å²) in [5, 5.41) is 7.36. The molecule has 0 amide bonds. The molecule has 0 radical (unpaired) electrons. The number of nitrogens with one attached hydrogen (secondary N) is 2. The van der Waals surface area contributed by atoms with Crippen LogP contribution in [0.1, 0.15) is 11.4 Å². The van der Waals surface area contributed by atoms with E-state index < -0.39 is 0 Å². The first-order valence-electron chi connectivity index (χ1n) is 6.89. The van der Waals surface area contributed by atoms with Gasteiger partial charge in [0.25, 0.3) is 0 Å². The van der Waals surface area contributed by atoms with E-state index >= 15 is 0 Å². The lowest BCUT2D eigenvalue weighted by Crippen LogP contribution is -3.12. The summed E-state index contributed by atoms with van der Waals surface area (Å²) >= 11 is 7.43. The average Bonchev–Trinajstić information content (AvgIpc) is 2.82. The molecule has 2 heterocycles. The van der Waals surface area contributed by atoms with Crippen LogP contribution < -0.4 is 4.90 Å². The van der Waals surface area contributed by atoms with Gasteiger partial charge in [-0.3, -0.25) is 9.67 Å². The van der Waals surface area contributed by atoms with E-state index in [4.69, 9.17) is 12.2 Å². The van der Waals surface area contributed by atoms with Gasteiger partial charge < -0.3 is 4.90 Å². The number of quaternary nitrogens is 1. The van der Waals surface area contributed by atoms with Gasteiger partial charge in [-0.05, 0) is 31.3 Å². The topological polar surface area (TPSA) is 38.0 Å². The predicted octanol–water partition coefficient (Wildman–Crippen LogP) is 1.37. The highest BCUT2D eigenvalue weighted by atomic mass is 32.2. The number of nitrogens with zero attached hydrogens (tertiary/aromatic N) is 2. The Balaban J connectivity index is 1.88. The van der Waals surface area contributed by atoms with Crippen molar-refractivity contribution >= 4 is 24.0 Å². The van der Waals surface area contributed by atoms with Gasteiger partial charge in [0.2, 0.25) is 0 Å². The lowest BCUT2D eigenvalue weighted by molar-refractivity contribution is -0.910. The highest BCUT2D eigenvalue weighted by molar-refractivity contribution is 7.99. The highest BCUT2D eigenvalue weighted by Gasteiger charge is 2.18. The molecule has 1 aromatic carbocycles. The molecule has 0 unspecified atom stereocenters. The fourth-order valence-electron chi connectivity index (χ4n) is 2.47. The van der Waals surface area contributed by atoms with Crippen molar-refractivity contribution in [3.05, 3.63) is 40.4 Å². The molecule has 6 heteroatoms. The molecule has 1 aromatic heterocycles. The lowest BCUT2D eigenvalue weighted by Gasteiger charge is -2.22. The molecule has 20 heavy (non-hydrogen) atoms. The summed E-state index contributed by atoms with van der Waals surface area (Å²) in [5.41, 5.74) is 2.35. The molecule has 0 spiro atoms. The Kier molecular flexibility index (Phi) is 4.24. The van der Waals surface area contributed by atoms with Gasteiger partial charge in [0, 0.05) is 17.2 Å². The van der Waals surface area contributed by atoms with Crippen molar-refractivity contribution in [1.29, 1.82) is 0 Å². The Morgan fingerprint density at radius 2 is 2.00 bits per heavy atom. The van der Waals surface area contributed by atoms with Crippen LogP contribution in [0.5, 0.6) is 0 Å². The zero-order valence-corrected chi connectivity index (χ0v) is 13.2. The van der Waals surface area contributed by atoms with E-state index in [0.717, 1.165) is 18.1 Å². The maximum absolute atomic E-state index is 5.39. The van der Waals surface area contributed by atoms with Gasteiger partial charge in [0.15, 0.2) is 10.6 Å². The Labute approximate surface area is 128 Å². The molecule has 0 saturated carbocycles. The van der Waals surface area contributed by atoms with E-state index in [1.807, 2.05) is 11.8 Å². The standard InChI is InChI=1S/C14H18N4S2/c1-11-2-4-12(5-3-11)18-13(15-16-14(18)19)10-17-6-8-20-9-7-17/h2-5H,6-10H2,1H3,(H,16,19)/p+1. The summed E-state index contributed by atoms with van der Waals surface area (Å²) in [5.74, 6) is 3.51. The highest BCUT2D eigenvalue weighted by Crippen LogP contribution is 2.12. The summed E-state index contributed by atoms with van der Waals surface area (Å²) in [7, 11) is 0. The zero-order chi connectivity index (χ0) is 13.9. The van der Waals surface area contributed by atoms with E-state index in [2.05, 4.69) is 46.0 Å². The van der Waals surface area contributed by atoms with E-state index in [-0.39, 0.29) is 0 Å². The number of hydrogen-bond acceptors (Lipinski definition) is 3. The van der Waals surface area contributed by atoms with Crippen molar-refractivity contribution < 1.29 is 4.90 Å². The first kappa shape index (κ1) is 13.9. The fraction of sp³-hybridized carbons (Fsp3) is 0.429. The number of aromatic amines is 1. The Morgan fingerprint density at radius 3 is 2.70 bits per heavy atom. The van der Waals surface area contributed by atoms with Gasteiger partial charge in [-0.25, -0.2) is 0 Å². The maximum atomic E-state index is 5.39. The number of aryl methyl sites for hydroxylation is 1. The molecule has 3 rings (SSSR count). The molecule has 1 fully saturated rings. The van der Waals surface area contributed by atoms with Crippen molar-refractivity contribution in [3.8, 4) is 5.69 Å². The molecule has 0 bridgehead atoms. The van der Waals surface area contributed by atoms with Gasteiger partial charge in [0.1, 0.15) is 6.54 Å². The van der Waals surface area contributed by atoms with Gasteiger partial charge in [-0.15, -0.1) is 0 Å². The average molecular weight is 307 g/mol. The largest absolute Gasteiger partial charge is 0.327 e. The van der Waals surface area contributed by atoms with Crippen LogP contribution in [0.3, 0.4) is 0 Å². The minimum atomic E-state index is 0.676. The first-order valence-corrected chi connectivity index (χ1v) is 8.45. The monoisotopic (exact) mass is 307 g/mol. The van der Waals surface area contributed by atoms with Crippen LogP contribution in [0.15, 0.2) is 24.3 Å². The van der Waals surface area contributed by atoms with Crippen LogP contribution >= 0.6 is 24.0 Å². The third-order valence-electron chi connectivity index (χ3n) is 3.64. The third kappa shape index (κ3) is 2.97. The van der Waals surface area contributed by atoms with Crippen LogP contribution in [0.2, 0.25) is 0 Å². The molecule has 106 valence electrons. The quantitative estimate of drug-likeness (QED) is 0.841. The van der Waals surface area contributed by atoms with Gasteiger partial charge in [0.05, 0.1) is 13.1 Å². The normalized spacial score (nSPS) is 16.4. The number of thioether (sulfide) groups is 1. The molecule has 1 aliphatic heterocycles. The zero-order valence-electron chi connectivity index (χ0n) is 11.6. The number of aromatic nitrogens is 3. The predicted molar refractivity (Wildman–Crippen MR) is 85.2 cm³/mol. The minimum Gasteiger partial charge on any atom is -0.327 e. The molecular weight excluding hydrogens is 288 g/mol. The van der Waals surface area contributed by atoms with Gasteiger partial charge in [-0.2, -0.15) is 16.9 Å². The van der Waals surface area contributed by atoms with Crippen molar-refractivity contribution in [1.82, 2.24) is 14.8 Å². The SMILES string of the molecule is Cc1ccc(-n2c(C[NH+]3CCSCC3)n[nH]c2=S)cc1. The van der Waals surface area contributed by atoms with E-state index in [0.29, 0.717) is 4.77 Å². The summed E-state index contributed by atoms with van der Waals surface area (Å²) in [6.07, 6.45) is 0. The van der Waals surface area contributed by atoms with Gasteiger partial charge in [-0.1, -0.05) is 17.7 Å². The second-order valence-corrected chi connectivity index (χ2v) is 6.77. The minimum absolute atomic E-state index is 0.676. The van der Waals surface area contributed by atoms with Crippen LogP contribution in [-0.4, -0.2) is 39.4 Å². The van der Waals surface area contributed by atoms with Crippen LogP contribution in [0, 0.1) is 11.7 Å². The second-order valence-electron chi connectivity index (χ2n) is 5.16. The summed E-state index contributed by atoms with van der Waals surface area (Å²) in [6, 6.07) is 8.42. The molecular formula is C14H19N4S2+. The molecule has 0 aliphatic carbocycles. The van der Waals surface area contributed by atoms with Crippen molar-refractivity contribution in [2.75, 3.05) is 24.6 Å². The Bertz CT molecular complexity index is 623. The molecule has 2 N–H and O–H groups in total. The first-order chi connectivity index (χ1) is 9.74. The van der Waals surface area contributed by atoms with Crippen LogP contribution in [0.4, 0.5) is 0 Å². The molecule has 4 nitrogen and oxygen atoms in total. The van der Waals surface area contributed by atoms with Crippen LogP contribution in [-0.2, 0) is 6.54 Å². The Morgan fingerprint density at radius 1 is 1.30 bits per heavy atom. The summed E-state index contributed by atoms with van der Waals surface area (Å²) in [6.45, 7) is 5.44. The molecule has 0 atom stereocenters. The molecule has 1 saturated heterocycles. The van der Waals surface area contributed by atoms with E-state index in [9.17, 15) is 0 Å². The third-order valence-corrected chi connectivity index (χ3v) is 4.90. The molecule has 2 aromatic rings. The summed E-state index contributed by atoms with van der Waals surface area (Å²) < 4.78 is 2.73. The number of rotatable bonds is 3. The lowest BCUT2D eigenvalue weighted by atomic mass is 10.2. The Hall–Kier alpha value is -1.11. The fourth-order valence-corrected chi connectivity index (χ4v) is 3.80. The van der Waals surface area contributed by atoms with E-state index in [1.165, 1.54) is 30.2 Å². The van der Waals surface area contributed by atoms with Gasteiger partial charge >= 0.3 is 0 Å². The molecule has 1 aliphatic rings. The van der Waals surface area contributed by atoms with Crippen molar-refractivity contribution in [3.63, 3.8) is 0 Å².